The van der Waals surface area contributed by atoms with Crippen molar-refractivity contribution < 1.29 is 19.4 Å². The molecule has 1 N–H and O–H groups in total. The van der Waals surface area contributed by atoms with Crippen LogP contribution in [-0.2, 0) is 9.53 Å². The standard InChI is InChI=1S/C17H23NO4/c1-17(2,3)22-16(21)18-10-13(9-14(11-18)15(19)20)12-7-5-4-6-8-12/h4-8,13-14H,9-11H2,1-3H3,(H,19,20). The number of ether oxygens (including phenoxy) is 1. The maximum absolute atomic E-state index is 12.3. The minimum Gasteiger partial charge on any atom is -0.481 e. The Hall–Kier alpha value is -2.04. The number of benzene rings is 1. The lowest BCUT2D eigenvalue weighted by Gasteiger charge is -2.37. The first-order valence-corrected chi connectivity index (χ1v) is 7.52. The number of carboxylic acids is 1. The Kier molecular flexibility index (Phi) is 4.74. The van der Waals surface area contributed by atoms with Crippen LogP contribution in [0.4, 0.5) is 4.79 Å². The van der Waals surface area contributed by atoms with Crippen LogP contribution < -0.4 is 0 Å². The molecule has 2 unspecified atom stereocenters. The van der Waals surface area contributed by atoms with Gasteiger partial charge >= 0.3 is 12.1 Å². The van der Waals surface area contributed by atoms with Gasteiger partial charge in [0.15, 0.2) is 0 Å². The van der Waals surface area contributed by atoms with Crippen LogP contribution in [0.5, 0.6) is 0 Å². The third-order valence-electron chi connectivity index (χ3n) is 3.72. The topological polar surface area (TPSA) is 66.8 Å². The van der Waals surface area contributed by atoms with Crippen LogP contribution in [0.25, 0.3) is 0 Å². The van der Waals surface area contributed by atoms with Gasteiger partial charge in [0, 0.05) is 19.0 Å². The molecule has 22 heavy (non-hydrogen) atoms. The molecule has 1 amide bonds. The van der Waals surface area contributed by atoms with Crippen molar-refractivity contribution in [3.63, 3.8) is 0 Å². The molecule has 0 aromatic heterocycles. The molecule has 5 nitrogen and oxygen atoms in total. The molecule has 1 aliphatic heterocycles. The van der Waals surface area contributed by atoms with E-state index in [0.29, 0.717) is 13.0 Å². The predicted molar refractivity (Wildman–Crippen MR) is 82.7 cm³/mol. The zero-order chi connectivity index (χ0) is 16.3. The van der Waals surface area contributed by atoms with Crippen molar-refractivity contribution in [2.45, 2.75) is 38.7 Å². The van der Waals surface area contributed by atoms with Gasteiger partial charge in [0.05, 0.1) is 5.92 Å². The van der Waals surface area contributed by atoms with Crippen LogP contribution in [0.1, 0.15) is 38.7 Å². The summed E-state index contributed by atoms with van der Waals surface area (Å²) in [5.41, 5.74) is 0.470. The molecular formula is C17H23NO4. The number of aliphatic carboxylic acids is 1. The number of nitrogens with zero attached hydrogens (tertiary/aromatic N) is 1. The summed E-state index contributed by atoms with van der Waals surface area (Å²) in [6.45, 7) is 6.10. The zero-order valence-electron chi connectivity index (χ0n) is 13.3. The summed E-state index contributed by atoms with van der Waals surface area (Å²) in [4.78, 5) is 25.2. The SMILES string of the molecule is CC(C)(C)OC(=O)N1CC(C(=O)O)CC(c2ccccc2)C1. The monoisotopic (exact) mass is 305 g/mol. The molecule has 1 aliphatic rings. The molecule has 1 saturated heterocycles. The normalized spacial score (nSPS) is 22.2. The number of piperidine rings is 1. The van der Waals surface area contributed by atoms with E-state index < -0.39 is 23.6 Å². The summed E-state index contributed by atoms with van der Waals surface area (Å²) < 4.78 is 5.38. The Balaban J connectivity index is 2.17. The molecule has 1 aromatic carbocycles. The Morgan fingerprint density at radius 3 is 2.36 bits per heavy atom. The van der Waals surface area contributed by atoms with E-state index in [4.69, 9.17) is 4.74 Å². The minimum atomic E-state index is -0.866. The third-order valence-corrected chi connectivity index (χ3v) is 3.72. The van der Waals surface area contributed by atoms with Crippen molar-refractivity contribution in [1.29, 1.82) is 0 Å². The summed E-state index contributed by atoms with van der Waals surface area (Å²) in [7, 11) is 0. The number of rotatable bonds is 2. The van der Waals surface area contributed by atoms with E-state index >= 15 is 0 Å². The third kappa shape index (κ3) is 4.23. The minimum absolute atomic E-state index is 0.0172. The number of hydrogen-bond donors (Lipinski definition) is 1. The van der Waals surface area contributed by atoms with Crippen molar-refractivity contribution in [3.05, 3.63) is 35.9 Å². The zero-order valence-corrected chi connectivity index (χ0v) is 13.3. The molecule has 0 bridgehead atoms. The highest BCUT2D eigenvalue weighted by Crippen LogP contribution is 2.31. The van der Waals surface area contributed by atoms with E-state index in [0.717, 1.165) is 5.56 Å². The molecule has 0 radical (unpaired) electrons. The van der Waals surface area contributed by atoms with E-state index in [-0.39, 0.29) is 12.5 Å². The Morgan fingerprint density at radius 2 is 1.82 bits per heavy atom. The number of carbonyl (C=O) groups excluding carboxylic acids is 1. The maximum atomic E-state index is 12.3. The average molecular weight is 305 g/mol. The smallest absolute Gasteiger partial charge is 0.410 e. The first-order chi connectivity index (χ1) is 10.3. The second-order valence-corrected chi connectivity index (χ2v) is 6.76. The molecule has 1 aromatic rings. The fourth-order valence-electron chi connectivity index (χ4n) is 2.72. The summed E-state index contributed by atoms with van der Waals surface area (Å²) in [6, 6.07) is 9.73. The first kappa shape index (κ1) is 16.3. The maximum Gasteiger partial charge on any atom is 0.410 e. The number of likely N-dealkylation sites (tertiary alicyclic amines) is 1. The molecule has 2 rings (SSSR count). The molecule has 120 valence electrons. The second kappa shape index (κ2) is 6.38. The number of carboxylic acid groups (broad SMARTS) is 1. The summed E-state index contributed by atoms with van der Waals surface area (Å²) in [6.07, 6.45) is 0.0953. The van der Waals surface area contributed by atoms with Crippen molar-refractivity contribution in [2.75, 3.05) is 13.1 Å². The molecule has 2 atom stereocenters. The molecule has 1 fully saturated rings. The van der Waals surface area contributed by atoms with Crippen molar-refractivity contribution in [2.24, 2.45) is 5.92 Å². The van der Waals surface area contributed by atoms with Crippen LogP contribution in [0.2, 0.25) is 0 Å². The van der Waals surface area contributed by atoms with Gasteiger partial charge in [-0.1, -0.05) is 30.3 Å². The lowest BCUT2D eigenvalue weighted by molar-refractivity contribution is -0.143. The van der Waals surface area contributed by atoms with Gasteiger partial charge in [-0.25, -0.2) is 4.79 Å². The number of hydrogen-bond acceptors (Lipinski definition) is 3. The predicted octanol–water partition coefficient (Wildman–Crippen LogP) is 3.11. The Labute approximate surface area is 130 Å². The highest BCUT2D eigenvalue weighted by atomic mass is 16.6. The highest BCUT2D eigenvalue weighted by molar-refractivity contribution is 5.73. The Bertz CT molecular complexity index is 535. The summed E-state index contributed by atoms with van der Waals surface area (Å²) in [5.74, 6) is -1.41. The largest absolute Gasteiger partial charge is 0.481 e. The molecule has 0 saturated carbocycles. The van der Waals surface area contributed by atoms with Gasteiger partial charge in [0.25, 0.3) is 0 Å². The van der Waals surface area contributed by atoms with Gasteiger partial charge in [0.1, 0.15) is 5.60 Å². The quantitative estimate of drug-likeness (QED) is 0.911. The van der Waals surface area contributed by atoms with Crippen LogP contribution in [0.3, 0.4) is 0 Å². The Morgan fingerprint density at radius 1 is 1.18 bits per heavy atom. The van der Waals surface area contributed by atoms with E-state index in [1.54, 1.807) is 20.8 Å². The molecular weight excluding hydrogens is 282 g/mol. The van der Waals surface area contributed by atoms with Crippen LogP contribution >= 0.6 is 0 Å². The van der Waals surface area contributed by atoms with E-state index in [1.807, 2.05) is 30.3 Å². The van der Waals surface area contributed by atoms with Crippen LogP contribution in [0.15, 0.2) is 30.3 Å². The van der Waals surface area contributed by atoms with Crippen LogP contribution in [0, 0.1) is 5.92 Å². The van der Waals surface area contributed by atoms with Gasteiger partial charge in [-0.15, -0.1) is 0 Å². The van der Waals surface area contributed by atoms with Crippen molar-refractivity contribution in [3.8, 4) is 0 Å². The fourth-order valence-corrected chi connectivity index (χ4v) is 2.72. The first-order valence-electron chi connectivity index (χ1n) is 7.52. The lowest BCUT2D eigenvalue weighted by atomic mass is 9.85. The fraction of sp³-hybridized carbons (Fsp3) is 0.529. The van der Waals surface area contributed by atoms with Crippen molar-refractivity contribution >= 4 is 12.1 Å². The van der Waals surface area contributed by atoms with Crippen molar-refractivity contribution in [1.82, 2.24) is 4.90 Å². The van der Waals surface area contributed by atoms with E-state index in [9.17, 15) is 14.7 Å². The van der Waals surface area contributed by atoms with E-state index in [1.165, 1.54) is 4.90 Å². The van der Waals surface area contributed by atoms with Gasteiger partial charge in [0.2, 0.25) is 0 Å². The number of carbonyl (C=O) groups is 2. The molecule has 0 spiro atoms. The van der Waals surface area contributed by atoms with Gasteiger partial charge < -0.3 is 14.7 Å². The van der Waals surface area contributed by atoms with Gasteiger partial charge in [-0.2, -0.15) is 0 Å². The second-order valence-electron chi connectivity index (χ2n) is 6.76. The molecule has 1 heterocycles. The average Bonchev–Trinajstić information content (AvgIpc) is 2.46. The number of amides is 1. The van der Waals surface area contributed by atoms with Gasteiger partial charge in [-0.05, 0) is 32.8 Å². The van der Waals surface area contributed by atoms with Gasteiger partial charge in [-0.3, -0.25) is 4.79 Å². The summed E-state index contributed by atoms with van der Waals surface area (Å²) >= 11 is 0. The van der Waals surface area contributed by atoms with E-state index in [2.05, 4.69) is 0 Å². The molecule has 0 aliphatic carbocycles. The van der Waals surface area contributed by atoms with Crippen LogP contribution in [-0.4, -0.2) is 40.8 Å². The highest BCUT2D eigenvalue weighted by Gasteiger charge is 2.36. The lowest BCUT2D eigenvalue weighted by Crippen LogP contribution is -2.47. The molecule has 5 heteroatoms. The summed E-state index contributed by atoms with van der Waals surface area (Å²) in [5, 5.41) is 9.36.